The summed E-state index contributed by atoms with van der Waals surface area (Å²) in [6.45, 7) is 8.62. The van der Waals surface area contributed by atoms with Crippen molar-refractivity contribution in [2.24, 2.45) is 0 Å². The molecule has 3 aliphatic heterocycles. The highest BCUT2D eigenvalue weighted by Crippen LogP contribution is 2.51. The second-order valence-electron chi connectivity index (χ2n) is 16.4. The Morgan fingerprint density at radius 3 is 2.10 bits per heavy atom. The minimum Gasteiger partial charge on any atom is -0.344 e. The van der Waals surface area contributed by atoms with Crippen LogP contribution in [0, 0.1) is 6.92 Å². The summed E-state index contributed by atoms with van der Waals surface area (Å²) in [5.41, 5.74) is 4.66. The molecule has 3 aliphatic rings. The van der Waals surface area contributed by atoms with Crippen molar-refractivity contribution in [2.75, 3.05) is 29.5 Å². The third-order valence-electron chi connectivity index (χ3n) is 11.3. The smallest absolute Gasteiger partial charge is 0.333 e. The number of anilines is 1. The number of aryl methyl sites for hydroxylation is 1. The number of carbonyl (C=O) groups excluding carboxylic acids is 3. The molecule has 0 aliphatic carbocycles. The highest BCUT2D eigenvalue weighted by Gasteiger charge is 2.45. The lowest BCUT2D eigenvalue weighted by Crippen LogP contribution is -2.32. The second kappa shape index (κ2) is 19.3. The van der Waals surface area contributed by atoms with Crippen LogP contribution in [0.25, 0.3) is 0 Å². The van der Waals surface area contributed by atoms with Gasteiger partial charge in [-0.3, -0.25) is 23.2 Å². The second-order valence-corrected chi connectivity index (χ2v) is 21.0. The van der Waals surface area contributed by atoms with E-state index in [1.807, 2.05) is 55.2 Å². The molecular formula is C43H54N3O13S3+. The van der Waals surface area contributed by atoms with Crippen LogP contribution in [0.1, 0.15) is 95.2 Å². The molecule has 2 aromatic carbocycles. The normalized spacial score (nSPS) is 19.9. The van der Waals surface area contributed by atoms with E-state index in [2.05, 4.69) is 24.5 Å². The summed E-state index contributed by atoms with van der Waals surface area (Å²) in [6, 6.07) is 10.3. The van der Waals surface area contributed by atoms with E-state index in [-0.39, 0.29) is 49.3 Å². The van der Waals surface area contributed by atoms with Crippen molar-refractivity contribution in [1.82, 2.24) is 5.06 Å². The summed E-state index contributed by atoms with van der Waals surface area (Å²) in [4.78, 5) is 42.6. The first-order valence-electron chi connectivity index (χ1n) is 20.3. The van der Waals surface area contributed by atoms with Crippen molar-refractivity contribution in [2.45, 2.75) is 101 Å². The number of hydrogen-bond donors (Lipinski definition) is 3. The maximum Gasteiger partial charge on any atom is 0.333 e. The average molecular weight is 917 g/mol. The number of fused-ring (bicyclic) bond motifs is 2. The zero-order chi connectivity index (χ0) is 45.7. The van der Waals surface area contributed by atoms with Gasteiger partial charge < -0.3 is 9.74 Å². The molecule has 1 unspecified atom stereocenters. The maximum absolute atomic E-state index is 12.4. The predicted octanol–water partition coefficient (Wildman–Crippen LogP) is 6.06. The predicted molar refractivity (Wildman–Crippen MR) is 233 cm³/mol. The Morgan fingerprint density at radius 2 is 1.44 bits per heavy atom. The zero-order valence-corrected chi connectivity index (χ0v) is 37.6. The van der Waals surface area contributed by atoms with Crippen LogP contribution in [0.2, 0.25) is 0 Å². The molecule has 19 heteroatoms. The molecule has 2 amide bonds. The Morgan fingerprint density at radius 1 is 0.790 bits per heavy atom. The number of nitrogens with zero attached hydrogens (tertiary/aromatic N) is 3. The Kier molecular flexibility index (Phi) is 15.0. The monoisotopic (exact) mass is 916 g/mol. The molecule has 1 atom stereocenters. The first-order chi connectivity index (χ1) is 28.9. The lowest BCUT2D eigenvalue weighted by Gasteiger charge is -2.30. The number of hydrogen-bond acceptors (Lipinski definition) is 11. The molecule has 0 saturated carbocycles. The van der Waals surface area contributed by atoms with Crippen LogP contribution in [-0.2, 0) is 60.4 Å². The van der Waals surface area contributed by atoms with Crippen molar-refractivity contribution >= 4 is 65.2 Å². The van der Waals surface area contributed by atoms with Gasteiger partial charge in [0.05, 0.1) is 21.8 Å². The quantitative estimate of drug-likeness (QED) is 0.0451. The number of benzene rings is 2. The molecule has 0 aromatic heterocycles. The van der Waals surface area contributed by atoms with Crippen molar-refractivity contribution < 1.29 is 62.7 Å². The van der Waals surface area contributed by atoms with Gasteiger partial charge in [0.15, 0.2) is 5.71 Å². The molecule has 0 bridgehead atoms. The van der Waals surface area contributed by atoms with Crippen LogP contribution in [0.15, 0.2) is 89.5 Å². The van der Waals surface area contributed by atoms with Crippen LogP contribution in [0.5, 0.6) is 0 Å². The van der Waals surface area contributed by atoms with Gasteiger partial charge in [0, 0.05) is 66.7 Å². The summed E-state index contributed by atoms with van der Waals surface area (Å²) < 4.78 is 102. The summed E-state index contributed by atoms with van der Waals surface area (Å²) >= 11 is 0. The number of imide groups is 1. The number of carbonyl (C=O) groups is 3. The van der Waals surface area contributed by atoms with Gasteiger partial charge in [0.25, 0.3) is 42.2 Å². The summed E-state index contributed by atoms with van der Waals surface area (Å²) in [5.74, 6) is -2.75. The van der Waals surface area contributed by atoms with E-state index in [4.69, 9.17) is 4.84 Å². The van der Waals surface area contributed by atoms with Crippen LogP contribution in [-0.4, -0.2) is 96.6 Å². The Bertz CT molecular complexity index is 2580. The molecule has 16 nitrogen and oxygen atoms in total. The van der Waals surface area contributed by atoms with Gasteiger partial charge >= 0.3 is 5.97 Å². The highest BCUT2D eigenvalue weighted by atomic mass is 32.2. The number of amides is 2. The minimum absolute atomic E-state index is 0.0190. The van der Waals surface area contributed by atoms with Gasteiger partial charge in [-0.1, -0.05) is 54.9 Å². The maximum atomic E-state index is 12.4. The topological polar surface area (TPSA) is 233 Å². The van der Waals surface area contributed by atoms with Crippen molar-refractivity contribution in [3.05, 3.63) is 101 Å². The van der Waals surface area contributed by atoms with Crippen LogP contribution < -0.4 is 4.90 Å². The number of allylic oxidation sites excluding steroid dienone is 8. The Balaban J connectivity index is 1.39. The summed E-state index contributed by atoms with van der Waals surface area (Å²) in [7, 11) is -13.0. The number of hydroxylamine groups is 2. The molecule has 0 spiro atoms. The highest BCUT2D eigenvalue weighted by molar-refractivity contribution is 7.86. The van der Waals surface area contributed by atoms with E-state index in [1.165, 1.54) is 12.1 Å². The Hall–Kier alpha value is -4.79. The van der Waals surface area contributed by atoms with E-state index in [1.54, 1.807) is 24.3 Å². The van der Waals surface area contributed by atoms with Gasteiger partial charge in [-0.05, 0) is 82.9 Å². The number of rotatable bonds is 20. The van der Waals surface area contributed by atoms with Crippen LogP contribution in [0.3, 0.4) is 0 Å². The molecule has 3 heterocycles. The first-order valence-corrected chi connectivity index (χ1v) is 24.9. The fourth-order valence-corrected chi connectivity index (χ4v) is 9.75. The van der Waals surface area contributed by atoms with Gasteiger partial charge in [-0.15, -0.1) is 5.06 Å². The third-order valence-corrected chi connectivity index (χ3v) is 13.8. The summed E-state index contributed by atoms with van der Waals surface area (Å²) in [5, 5.41) is 0.501. The molecule has 3 N–H and O–H groups in total. The van der Waals surface area contributed by atoms with Crippen molar-refractivity contribution in [3.8, 4) is 0 Å². The van der Waals surface area contributed by atoms with Gasteiger partial charge in [0.2, 0.25) is 5.69 Å². The zero-order valence-electron chi connectivity index (χ0n) is 35.2. The third kappa shape index (κ3) is 11.8. The van der Waals surface area contributed by atoms with Gasteiger partial charge in [-0.2, -0.15) is 29.8 Å². The molecular weight excluding hydrogens is 863 g/mol. The molecule has 2 aromatic rings. The van der Waals surface area contributed by atoms with Gasteiger partial charge in [-0.25, -0.2) is 4.79 Å². The lowest BCUT2D eigenvalue weighted by atomic mass is 9.77. The number of unbranched alkanes of at least 4 members (excludes halogenated alkanes) is 2. The van der Waals surface area contributed by atoms with Crippen LogP contribution >= 0.6 is 0 Å². The van der Waals surface area contributed by atoms with E-state index in [0.717, 1.165) is 22.5 Å². The minimum atomic E-state index is -4.60. The molecule has 336 valence electrons. The fraction of sp³-hybridized carbons (Fsp3) is 0.442. The molecule has 0 radical (unpaired) electrons. The summed E-state index contributed by atoms with van der Waals surface area (Å²) in [6.07, 6.45) is 14.9. The van der Waals surface area contributed by atoms with E-state index < -0.39 is 64.7 Å². The SMILES string of the molecule is Cc1ccc2c(c1)C(C)(C)C(/C=C/C=C/C=C/C=C1\N(CCCS(=O)(=O)O)c3ccc(S(=O)(=O)O)cc3C1(C)CCCCCC(=O)ON1C(=O)CCC1=O)=[N+]2CCCS(=O)(=O)O. The average Bonchev–Trinajstić information content (AvgIpc) is 3.68. The Labute approximate surface area is 363 Å². The standard InChI is InChI=1S/C43H53N3O13S3/c1-31-18-20-35-33(29-31)42(2,3)37(44(35)25-13-27-60(50,51)52)15-9-6-5-7-10-16-38-43(4,24-12-8-11-17-41(49)59-46-39(47)22-23-40(46)48)34-30-32(62(56,57)58)19-21-36(34)45(38)26-14-28-61(53,54)55/h5-7,9-10,15-16,18-21,29-30H,8,11-14,17,22-28H2,1-4H3,(H2-,50,51,52,53,54,55,56,57,58)/p+1. The van der Waals surface area contributed by atoms with E-state index in [0.29, 0.717) is 54.2 Å². The van der Waals surface area contributed by atoms with E-state index >= 15 is 0 Å². The fourth-order valence-electron chi connectivity index (χ4n) is 8.25. The largest absolute Gasteiger partial charge is 0.344 e. The molecule has 1 saturated heterocycles. The molecule has 62 heavy (non-hydrogen) atoms. The first kappa shape index (κ1) is 48.2. The van der Waals surface area contributed by atoms with Gasteiger partial charge in [0.1, 0.15) is 6.54 Å². The van der Waals surface area contributed by atoms with E-state index in [9.17, 15) is 53.3 Å². The van der Waals surface area contributed by atoms with Crippen molar-refractivity contribution in [3.63, 3.8) is 0 Å². The molecule has 5 rings (SSSR count). The lowest BCUT2D eigenvalue weighted by molar-refractivity contribution is -0.437. The molecule has 1 fully saturated rings. The van der Waals surface area contributed by atoms with Crippen molar-refractivity contribution in [1.29, 1.82) is 0 Å². The van der Waals surface area contributed by atoms with Crippen LogP contribution in [0.4, 0.5) is 11.4 Å².